The van der Waals surface area contributed by atoms with Crippen LogP contribution in [0.5, 0.6) is 0 Å². The lowest BCUT2D eigenvalue weighted by atomic mass is 10.1. The second-order valence-corrected chi connectivity index (χ2v) is 9.41. The molecule has 6 rings (SSSR count). The summed E-state index contributed by atoms with van der Waals surface area (Å²) in [5, 5.41) is 4.39. The lowest BCUT2D eigenvalue weighted by Crippen LogP contribution is -2.52. The summed E-state index contributed by atoms with van der Waals surface area (Å²) in [5.41, 5.74) is -0.948. The second kappa shape index (κ2) is 8.91. The Morgan fingerprint density at radius 2 is 1.65 bits per heavy atom. The Morgan fingerprint density at radius 1 is 0.919 bits per heavy atom. The fourth-order valence-corrected chi connectivity index (χ4v) is 5.22. The minimum atomic E-state index is -4.75. The van der Waals surface area contributed by atoms with Crippen molar-refractivity contribution in [2.45, 2.75) is 31.1 Å². The van der Waals surface area contributed by atoms with E-state index >= 15 is 0 Å². The Labute approximate surface area is 210 Å². The summed E-state index contributed by atoms with van der Waals surface area (Å²) < 4.78 is 56.6. The summed E-state index contributed by atoms with van der Waals surface area (Å²) in [6, 6.07) is 11.2. The van der Waals surface area contributed by atoms with Crippen LogP contribution in [-0.4, -0.2) is 61.9 Å². The van der Waals surface area contributed by atoms with Crippen LogP contribution in [0.25, 0.3) is 28.5 Å². The topological polar surface area (TPSA) is 63.0 Å². The number of aromatic nitrogens is 5. The first-order valence-corrected chi connectivity index (χ1v) is 12.0. The van der Waals surface area contributed by atoms with E-state index in [9.17, 15) is 17.6 Å². The Balaban J connectivity index is 1.30. The number of likely N-dealkylation sites (N-methyl/N-ethyl adjacent to an activating group) is 1. The molecule has 4 aromatic rings. The molecule has 3 aromatic heterocycles. The van der Waals surface area contributed by atoms with Crippen molar-refractivity contribution in [3.05, 3.63) is 72.4 Å². The van der Waals surface area contributed by atoms with Gasteiger partial charge in [0.1, 0.15) is 11.6 Å². The van der Waals surface area contributed by atoms with E-state index in [1.54, 1.807) is 23.1 Å². The van der Waals surface area contributed by atoms with E-state index in [0.717, 1.165) is 37.1 Å². The van der Waals surface area contributed by atoms with Crippen LogP contribution in [0, 0.1) is 5.82 Å². The molecule has 2 unspecified atom stereocenters. The molecule has 190 valence electrons. The van der Waals surface area contributed by atoms with Crippen molar-refractivity contribution in [2.24, 2.45) is 0 Å². The molecule has 0 saturated carbocycles. The predicted molar refractivity (Wildman–Crippen MR) is 130 cm³/mol. The zero-order chi connectivity index (χ0) is 25.7. The molecule has 5 heterocycles. The highest BCUT2D eigenvalue weighted by molar-refractivity contribution is 5.66. The molecule has 2 fully saturated rings. The van der Waals surface area contributed by atoms with E-state index in [2.05, 4.69) is 31.9 Å². The summed E-state index contributed by atoms with van der Waals surface area (Å²) >= 11 is 0. The van der Waals surface area contributed by atoms with Crippen molar-refractivity contribution >= 4 is 5.82 Å². The molecule has 0 spiro atoms. The van der Waals surface area contributed by atoms with Gasteiger partial charge in [-0.1, -0.05) is 12.1 Å². The summed E-state index contributed by atoms with van der Waals surface area (Å²) in [5.74, 6) is 0.0994. The van der Waals surface area contributed by atoms with Crippen LogP contribution in [0.3, 0.4) is 0 Å². The lowest BCUT2D eigenvalue weighted by molar-refractivity contribution is -0.137. The first-order chi connectivity index (χ1) is 17.8. The van der Waals surface area contributed by atoms with Crippen LogP contribution in [0.1, 0.15) is 18.4 Å². The van der Waals surface area contributed by atoms with Gasteiger partial charge in [0.05, 0.1) is 23.0 Å². The average molecular weight is 510 g/mol. The SMILES string of the molecule is CN1C2CCC1CN(c1cccc(-n3cc(-c4ccnc(-c5c(F)cccc5C(F)(F)F)n4)cn3)n1)C2. The minimum absolute atomic E-state index is 0.319. The number of piperazine rings is 1. The van der Waals surface area contributed by atoms with E-state index in [0.29, 0.717) is 29.2 Å². The van der Waals surface area contributed by atoms with Gasteiger partial charge in [-0.15, -0.1) is 0 Å². The summed E-state index contributed by atoms with van der Waals surface area (Å²) in [6.07, 6.45) is 2.18. The molecule has 2 aliphatic rings. The maximum Gasteiger partial charge on any atom is 0.417 e. The lowest BCUT2D eigenvalue weighted by Gasteiger charge is -2.39. The molecule has 0 radical (unpaired) electrons. The predicted octanol–water partition coefficient (Wildman–Crippen LogP) is 4.83. The zero-order valence-electron chi connectivity index (χ0n) is 19.9. The standard InChI is InChI=1S/C26H23F4N7/c1-35-17-8-9-18(35)15-36(14-17)22-6-3-7-23(34-22)37-13-16(12-32-37)21-10-11-31-25(33-21)24-19(26(28,29)30)4-2-5-20(24)27/h2-7,10-13,17-18H,8-9,14-15H2,1H3. The molecular weight excluding hydrogens is 486 g/mol. The largest absolute Gasteiger partial charge is 0.417 e. The molecule has 11 heteroatoms. The summed E-state index contributed by atoms with van der Waals surface area (Å²) in [7, 11) is 2.18. The molecule has 0 N–H and O–H groups in total. The first-order valence-electron chi connectivity index (χ1n) is 12.0. The molecule has 2 bridgehead atoms. The van der Waals surface area contributed by atoms with Crippen LogP contribution in [0.15, 0.2) is 61.1 Å². The van der Waals surface area contributed by atoms with Gasteiger partial charge in [0.15, 0.2) is 11.6 Å². The number of anilines is 1. The summed E-state index contributed by atoms with van der Waals surface area (Å²) in [6.45, 7) is 1.85. The highest BCUT2D eigenvalue weighted by Crippen LogP contribution is 2.37. The van der Waals surface area contributed by atoms with Gasteiger partial charge in [0.2, 0.25) is 0 Å². The van der Waals surface area contributed by atoms with Crippen molar-refractivity contribution < 1.29 is 17.6 Å². The second-order valence-electron chi connectivity index (χ2n) is 9.41. The van der Waals surface area contributed by atoms with Crippen molar-refractivity contribution in [1.82, 2.24) is 29.6 Å². The average Bonchev–Trinajstić information content (AvgIpc) is 3.44. The number of nitrogens with zero attached hydrogens (tertiary/aromatic N) is 7. The van der Waals surface area contributed by atoms with Gasteiger partial charge in [-0.05, 0) is 50.2 Å². The number of fused-ring (bicyclic) bond motifs is 2. The van der Waals surface area contributed by atoms with Crippen molar-refractivity contribution in [2.75, 3.05) is 25.0 Å². The number of pyridine rings is 1. The molecule has 7 nitrogen and oxygen atoms in total. The highest BCUT2D eigenvalue weighted by atomic mass is 19.4. The minimum Gasteiger partial charge on any atom is -0.353 e. The van der Waals surface area contributed by atoms with E-state index in [1.165, 1.54) is 19.0 Å². The number of hydrogen-bond donors (Lipinski definition) is 0. The Hall–Kier alpha value is -3.86. The number of alkyl halides is 3. The van der Waals surface area contributed by atoms with Gasteiger partial charge in [-0.25, -0.2) is 24.0 Å². The maximum atomic E-state index is 14.5. The number of benzene rings is 1. The van der Waals surface area contributed by atoms with Crippen LogP contribution in [0.2, 0.25) is 0 Å². The van der Waals surface area contributed by atoms with E-state index < -0.39 is 23.1 Å². The van der Waals surface area contributed by atoms with Gasteiger partial charge in [0, 0.05) is 43.1 Å². The number of rotatable bonds is 4. The van der Waals surface area contributed by atoms with Crippen LogP contribution in [-0.2, 0) is 6.18 Å². The Kier molecular flexibility index (Phi) is 5.67. The third-order valence-electron chi connectivity index (χ3n) is 7.20. The normalized spacial score (nSPS) is 20.0. The molecular formula is C26H23F4N7. The van der Waals surface area contributed by atoms with Crippen molar-refractivity contribution in [1.29, 1.82) is 0 Å². The van der Waals surface area contributed by atoms with Gasteiger partial charge < -0.3 is 4.90 Å². The quantitative estimate of drug-likeness (QED) is 0.367. The third kappa shape index (κ3) is 4.33. The fourth-order valence-electron chi connectivity index (χ4n) is 5.22. The van der Waals surface area contributed by atoms with Gasteiger partial charge in [0.25, 0.3) is 0 Å². The molecule has 2 atom stereocenters. The highest BCUT2D eigenvalue weighted by Gasteiger charge is 2.38. The molecule has 2 saturated heterocycles. The van der Waals surface area contributed by atoms with Gasteiger partial charge >= 0.3 is 6.18 Å². The van der Waals surface area contributed by atoms with Crippen molar-refractivity contribution in [3.63, 3.8) is 0 Å². The first kappa shape index (κ1) is 23.5. The summed E-state index contributed by atoms with van der Waals surface area (Å²) in [4.78, 5) is 17.7. The fraction of sp³-hybridized carbons (Fsp3) is 0.308. The van der Waals surface area contributed by atoms with E-state index in [4.69, 9.17) is 4.98 Å². The Morgan fingerprint density at radius 3 is 2.41 bits per heavy atom. The molecule has 0 amide bonds. The molecule has 37 heavy (non-hydrogen) atoms. The molecule has 2 aliphatic heterocycles. The van der Waals surface area contributed by atoms with E-state index in [-0.39, 0.29) is 5.82 Å². The van der Waals surface area contributed by atoms with E-state index in [1.807, 2.05) is 18.2 Å². The third-order valence-corrected chi connectivity index (χ3v) is 7.20. The van der Waals surface area contributed by atoms with Crippen LogP contribution >= 0.6 is 0 Å². The van der Waals surface area contributed by atoms with Crippen molar-refractivity contribution in [3.8, 4) is 28.5 Å². The van der Waals surface area contributed by atoms with Gasteiger partial charge in [-0.2, -0.15) is 18.3 Å². The molecule has 1 aromatic carbocycles. The Bertz CT molecular complexity index is 1440. The van der Waals surface area contributed by atoms with Crippen LogP contribution < -0.4 is 4.90 Å². The molecule has 0 aliphatic carbocycles. The van der Waals surface area contributed by atoms with Gasteiger partial charge in [-0.3, -0.25) is 4.90 Å². The number of hydrogen-bond acceptors (Lipinski definition) is 6. The monoisotopic (exact) mass is 509 g/mol. The maximum absolute atomic E-state index is 14.5. The zero-order valence-corrected chi connectivity index (χ0v) is 19.9. The van der Waals surface area contributed by atoms with Crippen LogP contribution in [0.4, 0.5) is 23.4 Å². The number of halogens is 4. The smallest absolute Gasteiger partial charge is 0.353 e.